The monoisotopic (exact) mass is 307 g/mol. The minimum Gasteiger partial charge on any atom is -0.464 e. The zero-order valence-electron chi connectivity index (χ0n) is 11.0. The van der Waals surface area contributed by atoms with E-state index in [9.17, 15) is 19.0 Å². The molecule has 0 aromatic rings. The maximum atomic E-state index is 11.4. The molecule has 0 aliphatic rings. The van der Waals surface area contributed by atoms with Gasteiger partial charge in [-0.25, -0.2) is 4.57 Å². The molecule has 0 bridgehead atoms. The Bertz CT molecular complexity index is 321. The number of rotatable bonds is 14. The van der Waals surface area contributed by atoms with Crippen molar-refractivity contribution < 1.29 is 37.6 Å². The third-order valence-electron chi connectivity index (χ3n) is 1.81. The van der Waals surface area contributed by atoms with E-state index < -0.39 is 20.5 Å². The molecule has 2 N–H and O–H groups in total. The van der Waals surface area contributed by atoms with Crippen LogP contribution in [0.5, 0.6) is 0 Å². The first-order chi connectivity index (χ1) is 9.55. The van der Waals surface area contributed by atoms with Gasteiger partial charge in [0.2, 0.25) is 0 Å². The number of phosphoric acid groups is 1. The van der Waals surface area contributed by atoms with Crippen molar-refractivity contribution in [2.24, 2.45) is 0 Å². The summed E-state index contributed by atoms with van der Waals surface area (Å²) in [6, 6.07) is 0. The van der Waals surface area contributed by atoms with Gasteiger partial charge in [-0.15, -0.1) is 0 Å². The summed E-state index contributed by atoms with van der Waals surface area (Å²) in [5.74, 6) is 0. The molecular weight excluding hydrogens is 291 g/mol. The lowest BCUT2D eigenvalue weighted by Crippen LogP contribution is -2.27. The van der Waals surface area contributed by atoms with Crippen LogP contribution in [-0.2, 0) is 32.7 Å². The average Bonchev–Trinajstić information content (AvgIpc) is 2.41. The van der Waals surface area contributed by atoms with Crippen molar-refractivity contribution in [2.45, 2.75) is 12.9 Å². The van der Waals surface area contributed by atoms with Gasteiger partial charge < -0.3 is 19.6 Å². The van der Waals surface area contributed by atoms with E-state index in [1.54, 1.807) is 14.5 Å². The number of nitrogens with one attached hydrogen (secondary N) is 1. The van der Waals surface area contributed by atoms with Crippen molar-refractivity contribution in [3.8, 4) is 0 Å². The van der Waals surface area contributed by atoms with Gasteiger partial charge in [0.05, 0.1) is 20.4 Å². The molecule has 0 rings (SSSR count). The topological polar surface area (TPSA) is 120 Å². The number of phosphoric ester groups is 1. The predicted molar refractivity (Wildman–Crippen MR) is 70.1 cm³/mol. The first kappa shape index (κ1) is 19.1. The summed E-state index contributed by atoms with van der Waals surface area (Å²) < 4.78 is 29.6. The summed E-state index contributed by atoms with van der Waals surface area (Å²) in [4.78, 5) is 29.5. The fourth-order valence-corrected chi connectivity index (χ4v) is 1.74. The van der Waals surface area contributed by atoms with Gasteiger partial charge in [0.15, 0.2) is 13.4 Å². The second-order valence-corrected chi connectivity index (χ2v) is 4.79. The average molecular weight is 307 g/mol. The Labute approximate surface area is 118 Å². The highest BCUT2D eigenvalue weighted by molar-refractivity contribution is 7.47. The summed E-state index contributed by atoms with van der Waals surface area (Å²) in [5.41, 5.74) is 0. The molecule has 0 aromatic heterocycles. The van der Waals surface area contributed by atoms with Crippen LogP contribution in [-0.4, -0.2) is 64.8 Å². The van der Waals surface area contributed by atoms with Gasteiger partial charge in [0.25, 0.3) is 12.9 Å². The molecule has 2 radical (unpaired) electrons. The quantitative estimate of drug-likeness (QED) is 0.175. The molecule has 2 unspecified atom stereocenters. The van der Waals surface area contributed by atoms with Crippen LogP contribution in [0.15, 0.2) is 0 Å². The zero-order chi connectivity index (χ0) is 15.3. The van der Waals surface area contributed by atoms with Crippen LogP contribution in [0.2, 0.25) is 6.82 Å². The first-order valence-electron chi connectivity index (χ1n) is 5.66. The molecule has 9 nitrogen and oxygen atoms in total. The Morgan fingerprint density at radius 1 is 1.30 bits per heavy atom. The van der Waals surface area contributed by atoms with Crippen LogP contribution in [0.25, 0.3) is 0 Å². The maximum Gasteiger partial charge on any atom is 0.472 e. The number of hydrogen-bond donors (Lipinski definition) is 2. The van der Waals surface area contributed by atoms with E-state index in [0.717, 1.165) is 0 Å². The third kappa shape index (κ3) is 11.0. The van der Waals surface area contributed by atoms with E-state index in [4.69, 9.17) is 0 Å². The molecule has 0 aliphatic heterocycles. The van der Waals surface area contributed by atoms with Crippen LogP contribution < -0.4 is 5.23 Å². The highest BCUT2D eigenvalue weighted by atomic mass is 31.2. The van der Waals surface area contributed by atoms with Gasteiger partial charge in [0.1, 0.15) is 6.61 Å². The van der Waals surface area contributed by atoms with Crippen molar-refractivity contribution in [3.05, 3.63) is 0 Å². The highest BCUT2D eigenvalue weighted by Crippen LogP contribution is 2.42. The van der Waals surface area contributed by atoms with Crippen molar-refractivity contribution in [3.63, 3.8) is 0 Å². The lowest BCUT2D eigenvalue weighted by atomic mass is 9.49. The maximum absolute atomic E-state index is 11.4. The van der Waals surface area contributed by atoms with Crippen molar-refractivity contribution in [1.82, 2.24) is 5.23 Å². The molecule has 20 heavy (non-hydrogen) atoms. The number of carbonyl (C=O) groups is 2. The molecule has 0 saturated carbocycles. The predicted octanol–water partition coefficient (Wildman–Crippen LogP) is -1.29. The van der Waals surface area contributed by atoms with E-state index in [1.165, 1.54) is 0 Å². The van der Waals surface area contributed by atoms with E-state index in [0.29, 0.717) is 6.54 Å². The lowest BCUT2D eigenvalue weighted by molar-refractivity contribution is -0.144. The van der Waals surface area contributed by atoms with Crippen LogP contribution in [0, 0.1) is 0 Å². The Balaban J connectivity index is 3.93. The lowest BCUT2D eigenvalue weighted by Gasteiger charge is -2.17. The fourth-order valence-electron chi connectivity index (χ4n) is 0.988. The Morgan fingerprint density at radius 3 is 2.65 bits per heavy atom. The van der Waals surface area contributed by atoms with Gasteiger partial charge in [-0.3, -0.25) is 18.6 Å². The van der Waals surface area contributed by atoms with E-state index in [2.05, 4.69) is 23.7 Å². The number of carbonyl (C=O) groups excluding carboxylic acids is 2. The zero-order valence-corrected chi connectivity index (χ0v) is 11.9. The molecule has 0 spiro atoms. The normalized spacial score (nSPS) is 14.7. The molecule has 0 heterocycles. The smallest absolute Gasteiger partial charge is 0.464 e. The fraction of sp³-hybridized carbons (Fsp3) is 0.750. The second-order valence-electron chi connectivity index (χ2n) is 3.34. The summed E-state index contributed by atoms with van der Waals surface area (Å²) >= 11 is 0. The van der Waals surface area contributed by atoms with Crippen LogP contribution in [0.1, 0.15) is 0 Å². The van der Waals surface area contributed by atoms with Gasteiger partial charge in [-0.05, 0) is 0 Å². The van der Waals surface area contributed by atoms with Crippen LogP contribution in [0.3, 0.4) is 0 Å². The molecule has 0 amide bonds. The van der Waals surface area contributed by atoms with Crippen LogP contribution in [0.4, 0.5) is 0 Å². The number of ether oxygens (including phenoxy) is 2. The third-order valence-corrected chi connectivity index (χ3v) is 2.79. The van der Waals surface area contributed by atoms with Crippen molar-refractivity contribution >= 4 is 35.2 Å². The SMILES string of the molecule is C[B][B]NCCOP(=O)(O)OCC(COC=O)OC=O. The molecule has 0 aliphatic carbocycles. The Hall–Kier alpha value is -0.860. The minimum atomic E-state index is -4.25. The molecular formula is C8H16B2NO8P. The molecule has 12 heteroatoms. The molecule has 112 valence electrons. The first-order valence-corrected chi connectivity index (χ1v) is 7.16. The number of hydrogen-bond acceptors (Lipinski definition) is 8. The second kappa shape index (κ2) is 11.9. The molecule has 0 aromatic carbocycles. The van der Waals surface area contributed by atoms with Crippen LogP contribution >= 0.6 is 7.82 Å². The summed E-state index contributed by atoms with van der Waals surface area (Å²) in [6.07, 6.45) is -0.983. The van der Waals surface area contributed by atoms with Gasteiger partial charge in [-0.2, -0.15) is 0 Å². The minimum absolute atomic E-state index is 0.0534. The molecule has 0 saturated heterocycles. The summed E-state index contributed by atoms with van der Waals surface area (Å²) in [7, 11) is -0.851. The highest BCUT2D eigenvalue weighted by Gasteiger charge is 2.24. The molecule has 0 fully saturated rings. The van der Waals surface area contributed by atoms with E-state index in [1.807, 2.05) is 6.82 Å². The largest absolute Gasteiger partial charge is 0.472 e. The van der Waals surface area contributed by atoms with Crippen molar-refractivity contribution in [2.75, 3.05) is 26.4 Å². The van der Waals surface area contributed by atoms with Gasteiger partial charge in [-0.1, -0.05) is 6.82 Å². The van der Waals surface area contributed by atoms with E-state index in [-0.39, 0.29) is 26.2 Å². The van der Waals surface area contributed by atoms with E-state index >= 15 is 0 Å². The molecule has 2 atom stereocenters. The van der Waals surface area contributed by atoms with Gasteiger partial charge in [0, 0.05) is 6.54 Å². The standard InChI is InChI=1S/C8H16B2NO8P/c1-9-10-11-2-3-18-20(14,15)19-5-8(17-7-13)4-16-6-12/h6-8,11H,2-5H2,1H3,(H,14,15). The van der Waals surface area contributed by atoms with Gasteiger partial charge >= 0.3 is 7.82 Å². The van der Waals surface area contributed by atoms with Crippen molar-refractivity contribution in [1.29, 1.82) is 0 Å². The Kier molecular flexibility index (Phi) is 11.4. The summed E-state index contributed by atoms with van der Waals surface area (Å²) in [5, 5.41) is 2.80. The summed E-state index contributed by atoms with van der Waals surface area (Å²) in [6.45, 7) is 1.62. The Morgan fingerprint density at radius 2 is 2.05 bits per heavy atom.